The van der Waals surface area contributed by atoms with Crippen molar-refractivity contribution in [2.24, 2.45) is 5.73 Å². The first-order chi connectivity index (χ1) is 16.0. The summed E-state index contributed by atoms with van der Waals surface area (Å²) in [6.45, 7) is 2.16. The van der Waals surface area contributed by atoms with E-state index in [9.17, 15) is 14.0 Å². The SMILES string of the molecule is NC(=O)C(CCN1CCC(NC(=O)c2ccc(F)cc2)C1)(c1ccccc1)c1ccccc1. The molecular weight excluding hydrogens is 417 g/mol. The maximum atomic E-state index is 13.1. The highest BCUT2D eigenvalue weighted by Crippen LogP contribution is 2.36. The molecule has 6 heteroatoms. The summed E-state index contributed by atoms with van der Waals surface area (Å²) in [6, 6.07) is 24.9. The number of amides is 2. The van der Waals surface area contributed by atoms with Crippen molar-refractivity contribution in [2.75, 3.05) is 19.6 Å². The summed E-state index contributed by atoms with van der Waals surface area (Å²) >= 11 is 0. The molecule has 3 N–H and O–H groups in total. The summed E-state index contributed by atoms with van der Waals surface area (Å²) in [4.78, 5) is 27.7. The maximum absolute atomic E-state index is 13.1. The van der Waals surface area contributed by atoms with Crippen molar-refractivity contribution in [3.63, 3.8) is 0 Å². The van der Waals surface area contributed by atoms with Crippen LogP contribution in [0.25, 0.3) is 0 Å². The lowest BCUT2D eigenvalue weighted by Gasteiger charge is -2.33. The number of primary amides is 1. The van der Waals surface area contributed by atoms with E-state index in [1.807, 2.05) is 60.7 Å². The molecule has 33 heavy (non-hydrogen) atoms. The molecule has 1 saturated heterocycles. The number of hydrogen-bond acceptors (Lipinski definition) is 3. The molecule has 0 radical (unpaired) electrons. The average molecular weight is 446 g/mol. The molecule has 0 spiro atoms. The average Bonchev–Trinajstić information content (AvgIpc) is 3.28. The number of carbonyl (C=O) groups is 2. The molecule has 1 unspecified atom stereocenters. The predicted molar refractivity (Wildman–Crippen MR) is 126 cm³/mol. The van der Waals surface area contributed by atoms with Crippen LogP contribution in [0.2, 0.25) is 0 Å². The lowest BCUT2D eigenvalue weighted by Crippen LogP contribution is -2.45. The number of halogens is 1. The fourth-order valence-corrected chi connectivity index (χ4v) is 4.66. The number of rotatable bonds is 8. The highest BCUT2D eigenvalue weighted by atomic mass is 19.1. The van der Waals surface area contributed by atoms with Gasteiger partial charge < -0.3 is 16.0 Å². The minimum Gasteiger partial charge on any atom is -0.369 e. The van der Waals surface area contributed by atoms with Gasteiger partial charge in [-0.2, -0.15) is 0 Å². The van der Waals surface area contributed by atoms with Gasteiger partial charge in [-0.05, 0) is 54.8 Å². The van der Waals surface area contributed by atoms with Crippen molar-refractivity contribution >= 4 is 11.8 Å². The van der Waals surface area contributed by atoms with Gasteiger partial charge >= 0.3 is 0 Å². The maximum Gasteiger partial charge on any atom is 0.251 e. The summed E-state index contributed by atoms with van der Waals surface area (Å²) in [5.41, 5.74) is 7.31. The lowest BCUT2D eigenvalue weighted by molar-refractivity contribution is -0.122. The minimum atomic E-state index is -0.933. The predicted octanol–water partition coefficient (Wildman–Crippen LogP) is 3.49. The van der Waals surface area contributed by atoms with Gasteiger partial charge in [0.25, 0.3) is 5.91 Å². The van der Waals surface area contributed by atoms with E-state index >= 15 is 0 Å². The molecule has 3 aromatic carbocycles. The van der Waals surface area contributed by atoms with Crippen LogP contribution in [0.1, 0.15) is 34.3 Å². The summed E-state index contributed by atoms with van der Waals surface area (Å²) in [7, 11) is 0. The van der Waals surface area contributed by atoms with Gasteiger partial charge in [-0.15, -0.1) is 0 Å². The van der Waals surface area contributed by atoms with Crippen LogP contribution in [0.15, 0.2) is 84.9 Å². The molecule has 0 aliphatic carbocycles. The molecule has 2 amide bonds. The molecule has 1 aliphatic heterocycles. The van der Waals surface area contributed by atoms with Crippen LogP contribution in [0.4, 0.5) is 4.39 Å². The second kappa shape index (κ2) is 9.96. The largest absolute Gasteiger partial charge is 0.369 e. The third-order valence-corrected chi connectivity index (χ3v) is 6.47. The van der Waals surface area contributed by atoms with E-state index in [2.05, 4.69) is 10.2 Å². The molecule has 1 heterocycles. The number of likely N-dealkylation sites (tertiary alicyclic amines) is 1. The van der Waals surface area contributed by atoms with Gasteiger partial charge in [0.15, 0.2) is 0 Å². The van der Waals surface area contributed by atoms with Crippen molar-refractivity contribution < 1.29 is 14.0 Å². The molecule has 0 saturated carbocycles. The number of carbonyl (C=O) groups excluding carboxylic acids is 2. The zero-order valence-electron chi connectivity index (χ0n) is 18.4. The molecule has 1 aliphatic rings. The highest BCUT2D eigenvalue weighted by Gasteiger charge is 2.41. The molecule has 170 valence electrons. The molecule has 4 rings (SSSR count). The van der Waals surface area contributed by atoms with Crippen LogP contribution >= 0.6 is 0 Å². The van der Waals surface area contributed by atoms with Gasteiger partial charge in [-0.25, -0.2) is 4.39 Å². The van der Waals surface area contributed by atoms with E-state index in [-0.39, 0.29) is 23.7 Å². The zero-order chi connectivity index (χ0) is 23.3. The molecule has 0 bridgehead atoms. The second-order valence-electron chi connectivity index (χ2n) is 8.52. The Bertz CT molecular complexity index is 1050. The van der Waals surface area contributed by atoms with Crippen molar-refractivity contribution in [2.45, 2.75) is 24.3 Å². The van der Waals surface area contributed by atoms with Gasteiger partial charge in [-0.1, -0.05) is 60.7 Å². The summed E-state index contributed by atoms with van der Waals surface area (Å²) in [5, 5.41) is 3.03. The number of benzene rings is 3. The third kappa shape index (κ3) is 4.96. The topological polar surface area (TPSA) is 75.4 Å². The molecule has 1 fully saturated rings. The van der Waals surface area contributed by atoms with Gasteiger partial charge in [0.2, 0.25) is 5.91 Å². The molecule has 5 nitrogen and oxygen atoms in total. The van der Waals surface area contributed by atoms with Crippen molar-refractivity contribution in [1.82, 2.24) is 10.2 Å². The first kappa shape index (κ1) is 22.7. The standard InChI is InChI=1S/C27H28FN3O2/c28-23-13-11-20(12-14-23)25(32)30-24-15-17-31(19-24)18-16-27(26(29)33,21-7-3-1-4-8-21)22-9-5-2-6-10-22/h1-14,24H,15-19H2,(H2,29,33)(H,30,32). The third-order valence-electron chi connectivity index (χ3n) is 6.47. The normalized spacial score (nSPS) is 16.5. The van der Waals surface area contributed by atoms with E-state index in [0.717, 1.165) is 24.1 Å². The van der Waals surface area contributed by atoms with Crippen molar-refractivity contribution in [3.8, 4) is 0 Å². The van der Waals surface area contributed by atoms with Crippen LogP contribution in [-0.4, -0.2) is 42.4 Å². The number of nitrogens with one attached hydrogen (secondary N) is 1. The Balaban J connectivity index is 1.46. The Labute approximate surface area is 193 Å². The number of nitrogens with two attached hydrogens (primary N) is 1. The smallest absolute Gasteiger partial charge is 0.251 e. The lowest BCUT2D eigenvalue weighted by atomic mass is 9.71. The molecular formula is C27H28FN3O2. The second-order valence-corrected chi connectivity index (χ2v) is 8.52. The van der Waals surface area contributed by atoms with Crippen LogP contribution in [0.3, 0.4) is 0 Å². The first-order valence-corrected chi connectivity index (χ1v) is 11.2. The molecule has 3 aromatic rings. The van der Waals surface area contributed by atoms with Crippen molar-refractivity contribution in [3.05, 3.63) is 107 Å². The van der Waals surface area contributed by atoms with Gasteiger partial charge in [-0.3, -0.25) is 9.59 Å². The quantitative estimate of drug-likeness (QED) is 0.557. The van der Waals surface area contributed by atoms with Gasteiger partial charge in [0, 0.05) is 24.7 Å². The fraction of sp³-hybridized carbons (Fsp3) is 0.259. The van der Waals surface area contributed by atoms with E-state index in [1.54, 1.807) is 0 Å². The fourth-order valence-electron chi connectivity index (χ4n) is 4.66. The highest BCUT2D eigenvalue weighted by molar-refractivity contribution is 5.94. The zero-order valence-corrected chi connectivity index (χ0v) is 18.4. The van der Waals surface area contributed by atoms with E-state index < -0.39 is 5.41 Å². The Morgan fingerprint density at radius 1 is 0.939 bits per heavy atom. The Kier molecular flexibility index (Phi) is 6.84. The minimum absolute atomic E-state index is 0.000943. The van der Waals surface area contributed by atoms with E-state index in [0.29, 0.717) is 25.1 Å². The summed E-state index contributed by atoms with van der Waals surface area (Å²) < 4.78 is 13.1. The van der Waals surface area contributed by atoms with Crippen LogP contribution in [0.5, 0.6) is 0 Å². The molecule has 0 aromatic heterocycles. The van der Waals surface area contributed by atoms with Crippen molar-refractivity contribution in [1.29, 1.82) is 0 Å². The Morgan fingerprint density at radius 2 is 1.52 bits per heavy atom. The van der Waals surface area contributed by atoms with E-state index in [1.165, 1.54) is 24.3 Å². The van der Waals surface area contributed by atoms with Crippen LogP contribution in [0, 0.1) is 5.82 Å². The van der Waals surface area contributed by atoms with E-state index in [4.69, 9.17) is 5.73 Å². The summed E-state index contributed by atoms with van der Waals surface area (Å²) in [5.74, 6) is -0.949. The van der Waals surface area contributed by atoms with Gasteiger partial charge in [0.05, 0.1) is 5.41 Å². The van der Waals surface area contributed by atoms with Crippen LogP contribution in [-0.2, 0) is 10.2 Å². The van der Waals surface area contributed by atoms with Crippen LogP contribution < -0.4 is 11.1 Å². The van der Waals surface area contributed by atoms with Gasteiger partial charge in [0.1, 0.15) is 5.82 Å². The Morgan fingerprint density at radius 3 is 2.06 bits per heavy atom. The summed E-state index contributed by atoms with van der Waals surface area (Å²) in [6.07, 6.45) is 1.35. The first-order valence-electron chi connectivity index (χ1n) is 11.2. The molecule has 1 atom stereocenters. The number of nitrogens with zero attached hydrogens (tertiary/aromatic N) is 1. The Hall–Kier alpha value is -3.51. The monoisotopic (exact) mass is 445 g/mol. The number of hydrogen-bond donors (Lipinski definition) is 2.